The predicted octanol–water partition coefficient (Wildman–Crippen LogP) is 6.07. The van der Waals surface area contributed by atoms with Gasteiger partial charge in [-0.25, -0.2) is 0 Å². The summed E-state index contributed by atoms with van der Waals surface area (Å²) in [4.78, 5) is 2.69. The first kappa shape index (κ1) is 16.1. The number of allylic oxidation sites excluding steroid dienone is 3. The Morgan fingerprint density at radius 2 is 1.59 bits per heavy atom. The second-order valence-electron chi connectivity index (χ2n) is 3.33. The molecule has 94 valence electrons. The normalized spacial score (nSPS) is 12.4. The number of thioether (sulfide) groups is 1. The van der Waals surface area contributed by atoms with Crippen molar-refractivity contribution in [2.45, 2.75) is 46.4 Å². The summed E-state index contributed by atoms with van der Waals surface area (Å²) < 4.78 is 0. The third-order valence-electron chi connectivity index (χ3n) is 2.20. The maximum atomic E-state index is 4.06. The molecule has 1 heteroatoms. The number of benzene rings is 1. The van der Waals surface area contributed by atoms with Crippen LogP contribution in [0, 0.1) is 6.92 Å². The topological polar surface area (TPSA) is 0 Å². The van der Waals surface area contributed by atoms with Crippen LogP contribution in [-0.4, -0.2) is 0 Å². The minimum absolute atomic E-state index is 1.13. The van der Waals surface area contributed by atoms with E-state index in [1.165, 1.54) is 20.9 Å². The summed E-state index contributed by atoms with van der Waals surface area (Å²) in [5, 5.41) is 0. The number of aryl methyl sites for hydroxylation is 1. The number of hydrogen-bond donors (Lipinski definition) is 0. The number of fused-ring (bicyclic) bond motifs is 1. The van der Waals surface area contributed by atoms with Crippen LogP contribution in [-0.2, 0) is 0 Å². The highest BCUT2D eigenvalue weighted by atomic mass is 32.2. The zero-order valence-electron chi connectivity index (χ0n) is 11.9. The minimum atomic E-state index is 1.13. The molecule has 2 rings (SSSR count). The molecule has 1 aliphatic heterocycles. The summed E-state index contributed by atoms with van der Waals surface area (Å²) in [5.41, 5.74) is 3.77. The average molecular weight is 248 g/mol. The van der Waals surface area contributed by atoms with E-state index in [1.807, 2.05) is 39.5 Å². The molecule has 1 aliphatic rings. The van der Waals surface area contributed by atoms with Gasteiger partial charge >= 0.3 is 0 Å². The summed E-state index contributed by atoms with van der Waals surface area (Å²) in [5.74, 6) is 0. The third-order valence-corrected chi connectivity index (χ3v) is 3.38. The van der Waals surface area contributed by atoms with Crippen molar-refractivity contribution in [2.75, 3.05) is 0 Å². The van der Waals surface area contributed by atoms with E-state index in [2.05, 4.69) is 44.7 Å². The Morgan fingerprint density at radius 1 is 1.00 bits per heavy atom. The molecule has 17 heavy (non-hydrogen) atoms. The predicted molar refractivity (Wildman–Crippen MR) is 82.5 cm³/mol. The Hall–Kier alpha value is -0.950. The maximum Gasteiger partial charge on any atom is 0.0226 e. The fourth-order valence-corrected chi connectivity index (χ4v) is 2.62. The monoisotopic (exact) mass is 248 g/mol. The SMILES string of the molecule is C=C1C=C(C)Sc2c(C)cccc21.CC.CC. The van der Waals surface area contributed by atoms with E-state index in [0.29, 0.717) is 0 Å². The van der Waals surface area contributed by atoms with Crippen molar-refractivity contribution in [3.63, 3.8) is 0 Å². The third kappa shape index (κ3) is 4.08. The standard InChI is InChI=1S/C12H12S.2C2H6/c1-8-5-4-6-11-9(2)7-10(3)13-12(8)11;2*1-2/h4-7H,2H2,1,3H3;2*1-2H3. The summed E-state index contributed by atoms with van der Waals surface area (Å²) in [6, 6.07) is 6.38. The first-order valence-electron chi connectivity index (χ1n) is 6.33. The van der Waals surface area contributed by atoms with Crippen molar-refractivity contribution in [1.29, 1.82) is 0 Å². The molecule has 1 aromatic rings. The highest BCUT2D eigenvalue weighted by Gasteiger charge is 2.13. The lowest BCUT2D eigenvalue weighted by Gasteiger charge is -2.17. The van der Waals surface area contributed by atoms with Crippen LogP contribution in [0.4, 0.5) is 0 Å². The Balaban J connectivity index is 0.000000581. The van der Waals surface area contributed by atoms with Gasteiger partial charge in [-0.15, -0.1) is 0 Å². The Bertz CT molecular complexity index is 400. The average Bonchev–Trinajstić information content (AvgIpc) is 2.36. The van der Waals surface area contributed by atoms with Gasteiger partial charge in [-0.05, 0) is 41.5 Å². The van der Waals surface area contributed by atoms with Gasteiger partial charge in [0.2, 0.25) is 0 Å². The zero-order valence-corrected chi connectivity index (χ0v) is 12.7. The Labute approximate surface area is 111 Å². The van der Waals surface area contributed by atoms with Gasteiger partial charge in [0.05, 0.1) is 0 Å². The fourth-order valence-electron chi connectivity index (χ4n) is 1.55. The van der Waals surface area contributed by atoms with Crippen LogP contribution in [0.2, 0.25) is 0 Å². The molecule has 0 atom stereocenters. The van der Waals surface area contributed by atoms with E-state index in [0.717, 1.165) is 5.57 Å². The Morgan fingerprint density at radius 3 is 2.18 bits per heavy atom. The van der Waals surface area contributed by atoms with Gasteiger partial charge in [-0.3, -0.25) is 0 Å². The van der Waals surface area contributed by atoms with E-state index in [1.54, 1.807) is 0 Å². The van der Waals surface area contributed by atoms with E-state index >= 15 is 0 Å². The zero-order chi connectivity index (χ0) is 13.4. The lowest BCUT2D eigenvalue weighted by Crippen LogP contribution is -1.93. The van der Waals surface area contributed by atoms with Crippen molar-refractivity contribution in [1.82, 2.24) is 0 Å². The van der Waals surface area contributed by atoms with Crippen molar-refractivity contribution >= 4 is 17.3 Å². The molecule has 0 unspecified atom stereocenters. The second-order valence-corrected chi connectivity index (χ2v) is 4.59. The molecule has 0 saturated heterocycles. The van der Waals surface area contributed by atoms with Crippen LogP contribution in [0.5, 0.6) is 0 Å². The Kier molecular flexibility index (Phi) is 7.73. The van der Waals surface area contributed by atoms with Crippen LogP contribution >= 0.6 is 11.8 Å². The molecule has 1 aromatic carbocycles. The lowest BCUT2D eigenvalue weighted by atomic mass is 10.0. The molecule has 1 heterocycles. The summed E-state index contributed by atoms with van der Waals surface area (Å²) in [6.07, 6.45) is 2.15. The molecule has 0 bridgehead atoms. The van der Waals surface area contributed by atoms with E-state index in [-0.39, 0.29) is 0 Å². The van der Waals surface area contributed by atoms with Gasteiger partial charge in [-0.1, -0.05) is 64.2 Å². The van der Waals surface area contributed by atoms with Gasteiger partial charge < -0.3 is 0 Å². The molecule has 0 spiro atoms. The molecule has 0 fully saturated rings. The second kappa shape index (κ2) is 8.19. The first-order chi connectivity index (χ1) is 8.18. The summed E-state index contributed by atoms with van der Waals surface area (Å²) >= 11 is 1.84. The number of hydrogen-bond acceptors (Lipinski definition) is 1. The maximum absolute atomic E-state index is 4.06. The van der Waals surface area contributed by atoms with Crippen molar-refractivity contribution < 1.29 is 0 Å². The quantitative estimate of drug-likeness (QED) is 0.537. The van der Waals surface area contributed by atoms with Crippen molar-refractivity contribution in [2.24, 2.45) is 0 Å². The fraction of sp³-hybridized carbons (Fsp3) is 0.375. The highest BCUT2D eigenvalue weighted by Crippen LogP contribution is 2.40. The van der Waals surface area contributed by atoms with Crippen LogP contribution in [0.15, 0.2) is 40.7 Å². The molecular weight excluding hydrogens is 224 g/mol. The number of rotatable bonds is 0. The van der Waals surface area contributed by atoms with Gasteiger partial charge in [-0.2, -0.15) is 0 Å². The smallest absolute Gasteiger partial charge is 0.0226 e. The largest absolute Gasteiger partial charge is 0.0939 e. The molecule has 0 aliphatic carbocycles. The van der Waals surface area contributed by atoms with Crippen LogP contribution < -0.4 is 0 Å². The van der Waals surface area contributed by atoms with E-state index in [9.17, 15) is 0 Å². The highest BCUT2D eigenvalue weighted by molar-refractivity contribution is 8.03. The van der Waals surface area contributed by atoms with Gasteiger partial charge in [0.1, 0.15) is 0 Å². The molecule has 0 saturated carbocycles. The van der Waals surface area contributed by atoms with Crippen LogP contribution in [0.25, 0.3) is 5.57 Å². The minimum Gasteiger partial charge on any atom is -0.0939 e. The van der Waals surface area contributed by atoms with E-state index < -0.39 is 0 Å². The molecule has 0 nitrogen and oxygen atoms in total. The van der Waals surface area contributed by atoms with Gasteiger partial charge in [0.15, 0.2) is 0 Å². The molecule has 0 N–H and O–H groups in total. The molecule has 0 radical (unpaired) electrons. The lowest BCUT2D eigenvalue weighted by molar-refractivity contribution is 1.27. The molecule has 0 aromatic heterocycles. The van der Waals surface area contributed by atoms with E-state index in [4.69, 9.17) is 0 Å². The molecular formula is C16H24S. The summed E-state index contributed by atoms with van der Waals surface area (Å²) in [6.45, 7) is 16.3. The van der Waals surface area contributed by atoms with Crippen molar-refractivity contribution in [3.05, 3.63) is 46.9 Å². The van der Waals surface area contributed by atoms with Gasteiger partial charge in [0.25, 0.3) is 0 Å². The summed E-state index contributed by atoms with van der Waals surface area (Å²) in [7, 11) is 0. The van der Waals surface area contributed by atoms with Crippen molar-refractivity contribution in [3.8, 4) is 0 Å². The molecule has 0 amide bonds. The van der Waals surface area contributed by atoms with Crippen LogP contribution in [0.1, 0.15) is 45.7 Å². The van der Waals surface area contributed by atoms with Gasteiger partial charge in [0, 0.05) is 4.90 Å². The first-order valence-corrected chi connectivity index (χ1v) is 7.15. The van der Waals surface area contributed by atoms with Crippen LogP contribution in [0.3, 0.4) is 0 Å².